The molecule has 28 heavy (non-hydrogen) atoms. The van der Waals surface area contributed by atoms with E-state index >= 15 is 0 Å². The van der Waals surface area contributed by atoms with Crippen LogP contribution in [0, 0.1) is 5.92 Å². The quantitative estimate of drug-likeness (QED) is 0.696. The summed E-state index contributed by atoms with van der Waals surface area (Å²) in [6, 6.07) is 2.49. The number of pyridine rings is 1. The van der Waals surface area contributed by atoms with Gasteiger partial charge in [0.05, 0.1) is 0 Å². The van der Waals surface area contributed by atoms with Crippen molar-refractivity contribution in [3.05, 3.63) is 23.9 Å². The van der Waals surface area contributed by atoms with E-state index in [1.807, 2.05) is 0 Å². The van der Waals surface area contributed by atoms with Crippen molar-refractivity contribution in [3.8, 4) is 5.88 Å². The van der Waals surface area contributed by atoms with Crippen molar-refractivity contribution in [2.45, 2.75) is 69.6 Å². The summed E-state index contributed by atoms with van der Waals surface area (Å²) < 4.78 is 5.89. The highest BCUT2D eigenvalue weighted by molar-refractivity contribution is 6.04. The van der Waals surface area contributed by atoms with Crippen LogP contribution in [0.4, 0.5) is 4.79 Å². The minimum atomic E-state index is -0.576. The molecule has 2 heterocycles. The summed E-state index contributed by atoms with van der Waals surface area (Å²) in [5.41, 5.74) is 5.63. The van der Waals surface area contributed by atoms with Crippen LogP contribution in [-0.2, 0) is 4.79 Å². The molecule has 8 nitrogen and oxygen atoms in total. The SMILES string of the molecule is NC(=O)c1cccnc1O[C@H]1CC[C@H](N2C(=O)NC(CCC3CC3)C2=O)CC1. The van der Waals surface area contributed by atoms with E-state index in [0.29, 0.717) is 25.7 Å². The highest BCUT2D eigenvalue weighted by Gasteiger charge is 2.43. The number of ether oxygens (including phenoxy) is 1. The number of rotatable bonds is 7. The predicted octanol–water partition coefficient (Wildman–Crippen LogP) is 1.98. The van der Waals surface area contributed by atoms with Crippen molar-refractivity contribution in [2.24, 2.45) is 11.7 Å². The predicted molar refractivity (Wildman–Crippen MR) is 101 cm³/mol. The number of primary amides is 1. The molecule has 1 unspecified atom stereocenters. The monoisotopic (exact) mass is 386 g/mol. The van der Waals surface area contributed by atoms with E-state index in [0.717, 1.165) is 18.8 Å². The Morgan fingerprint density at radius 2 is 1.93 bits per heavy atom. The highest BCUT2D eigenvalue weighted by atomic mass is 16.5. The molecular formula is C20H26N4O4. The van der Waals surface area contributed by atoms with Crippen molar-refractivity contribution in [1.29, 1.82) is 0 Å². The summed E-state index contributed by atoms with van der Waals surface area (Å²) in [5, 5.41) is 2.85. The molecule has 4 rings (SSSR count). The van der Waals surface area contributed by atoms with E-state index in [1.165, 1.54) is 17.7 Å². The lowest BCUT2D eigenvalue weighted by Gasteiger charge is -2.33. The number of carbonyl (C=O) groups excluding carboxylic acids is 3. The molecule has 0 radical (unpaired) electrons. The summed E-state index contributed by atoms with van der Waals surface area (Å²) in [4.78, 5) is 42.1. The minimum absolute atomic E-state index is 0.0873. The number of nitrogens with one attached hydrogen (secondary N) is 1. The number of amides is 4. The Labute approximate surface area is 163 Å². The molecule has 1 atom stereocenters. The summed E-state index contributed by atoms with van der Waals surface area (Å²) >= 11 is 0. The van der Waals surface area contributed by atoms with Gasteiger partial charge in [0.15, 0.2) is 0 Å². The van der Waals surface area contributed by atoms with Crippen molar-refractivity contribution in [1.82, 2.24) is 15.2 Å². The van der Waals surface area contributed by atoms with Crippen LogP contribution in [0.2, 0.25) is 0 Å². The van der Waals surface area contributed by atoms with E-state index in [1.54, 1.807) is 18.3 Å². The Kier molecular flexibility index (Phi) is 5.19. The number of imide groups is 1. The Bertz CT molecular complexity index is 771. The van der Waals surface area contributed by atoms with Gasteiger partial charge in [-0.15, -0.1) is 0 Å². The second kappa shape index (κ2) is 7.77. The summed E-state index contributed by atoms with van der Waals surface area (Å²) in [6.45, 7) is 0. The summed E-state index contributed by atoms with van der Waals surface area (Å²) in [7, 11) is 0. The van der Waals surface area contributed by atoms with Gasteiger partial charge in [-0.3, -0.25) is 14.5 Å². The molecule has 1 saturated heterocycles. The van der Waals surface area contributed by atoms with Gasteiger partial charge in [0, 0.05) is 12.2 Å². The van der Waals surface area contributed by atoms with Crippen molar-refractivity contribution in [2.75, 3.05) is 0 Å². The van der Waals surface area contributed by atoms with Gasteiger partial charge in [0.25, 0.3) is 11.8 Å². The first kappa shape index (κ1) is 18.7. The molecule has 2 aliphatic carbocycles. The Balaban J connectivity index is 1.32. The molecule has 8 heteroatoms. The van der Waals surface area contributed by atoms with Gasteiger partial charge in [-0.25, -0.2) is 9.78 Å². The number of nitrogens with zero attached hydrogens (tertiary/aromatic N) is 2. The molecule has 1 aromatic rings. The van der Waals surface area contributed by atoms with Crippen LogP contribution in [0.5, 0.6) is 5.88 Å². The van der Waals surface area contributed by atoms with Crippen LogP contribution in [-0.4, -0.2) is 45.9 Å². The molecule has 0 bridgehead atoms. The van der Waals surface area contributed by atoms with Gasteiger partial charge >= 0.3 is 6.03 Å². The first-order valence-corrected chi connectivity index (χ1v) is 10.1. The van der Waals surface area contributed by atoms with Crippen LogP contribution >= 0.6 is 0 Å². The number of aromatic nitrogens is 1. The molecule has 3 fully saturated rings. The van der Waals surface area contributed by atoms with Gasteiger partial charge in [-0.1, -0.05) is 12.8 Å². The fourth-order valence-electron chi connectivity index (χ4n) is 4.15. The maximum atomic E-state index is 12.7. The van der Waals surface area contributed by atoms with E-state index in [-0.39, 0.29) is 41.6 Å². The molecule has 4 amide bonds. The molecule has 0 aromatic carbocycles. The maximum absolute atomic E-state index is 12.7. The lowest BCUT2D eigenvalue weighted by atomic mass is 9.91. The molecule has 3 N–H and O–H groups in total. The lowest BCUT2D eigenvalue weighted by Crippen LogP contribution is -2.44. The number of hydrogen-bond donors (Lipinski definition) is 2. The number of carbonyl (C=O) groups is 3. The average molecular weight is 386 g/mol. The third-order valence-electron chi connectivity index (χ3n) is 5.94. The third kappa shape index (κ3) is 3.95. The van der Waals surface area contributed by atoms with Crippen LogP contribution < -0.4 is 15.8 Å². The Hall–Kier alpha value is -2.64. The normalized spacial score (nSPS) is 27.6. The zero-order valence-electron chi connectivity index (χ0n) is 15.8. The molecule has 1 aliphatic heterocycles. The van der Waals surface area contributed by atoms with Gasteiger partial charge < -0.3 is 15.8 Å². The van der Waals surface area contributed by atoms with Crippen molar-refractivity contribution in [3.63, 3.8) is 0 Å². The fraction of sp³-hybridized carbons (Fsp3) is 0.600. The highest BCUT2D eigenvalue weighted by Crippen LogP contribution is 2.35. The van der Waals surface area contributed by atoms with E-state index in [4.69, 9.17) is 10.5 Å². The van der Waals surface area contributed by atoms with Crippen LogP contribution in [0.3, 0.4) is 0 Å². The zero-order chi connectivity index (χ0) is 19.7. The van der Waals surface area contributed by atoms with Gasteiger partial charge in [0.1, 0.15) is 17.7 Å². The molecule has 150 valence electrons. The minimum Gasteiger partial charge on any atom is -0.474 e. The van der Waals surface area contributed by atoms with Crippen molar-refractivity contribution >= 4 is 17.8 Å². The maximum Gasteiger partial charge on any atom is 0.325 e. The topological polar surface area (TPSA) is 115 Å². The first-order valence-electron chi connectivity index (χ1n) is 10.1. The van der Waals surface area contributed by atoms with Crippen LogP contribution in [0.15, 0.2) is 18.3 Å². The molecule has 2 saturated carbocycles. The smallest absolute Gasteiger partial charge is 0.325 e. The molecule has 1 aromatic heterocycles. The van der Waals surface area contributed by atoms with Gasteiger partial charge in [0.2, 0.25) is 5.88 Å². The standard InChI is InChI=1S/C20H26N4O4/c21-17(25)15-2-1-11-22-18(15)28-14-8-6-13(7-9-14)24-19(26)16(23-20(24)27)10-5-12-3-4-12/h1-2,11-14,16H,3-10H2,(H2,21,25)(H,23,27)/t13-,14-,16?. The second-order valence-corrected chi connectivity index (χ2v) is 8.00. The van der Waals surface area contributed by atoms with Gasteiger partial charge in [-0.2, -0.15) is 0 Å². The Morgan fingerprint density at radius 1 is 1.18 bits per heavy atom. The first-order chi connectivity index (χ1) is 13.5. The number of urea groups is 1. The lowest BCUT2D eigenvalue weighted by molar-refractivity contribution is -0.129. The van der Waals surface area contributed by atoms with Gasteiger partial charge in [-0.05, 0) is 56.6 Å². The summed E-state index contributed by atoms with van der Waals surface area (Å²) in [6.07, 6.45) is 8.41. The molecule has 0 spiro atoms. The average Bonchev–Trinajstić information content (AvgIpc) is 3.46. The molecule has 3 aliphatic rings. The van der Waals surface area contributed by atoms with E-state index in [2.05, 4.69) is 10.3 Å². The van der Waals surface area contributed by atoms with Crippen molar-refractivity contribution < 1.29 is 19.1 Å². The number of hydrogen-bond acceptors (Lipinski definition) is 5. The number of nitrogens with two attached hydrogens (primary N) is 1. The van der Waals surface area contributed by atoms with E-state index < -0.39 is 5.91 Å². The second-order valence-electron chi connectivity index (χ2n) is 8.00. The van der Waals surface area contributed by atoms with Crippen LogP contribution in [0.25, 0.3) is 0 Å². The molecular weight excluding hydrogens is 360 g/mol. The largest absolute Gasteiger partial charge is 0.474 e. The fourth-order valence-corrected chi connectivity index (χ4v) is 4.15. The Morgan fingerprint density at radius 3 is 2.61 bits per heavy atom. The third-order valence-corrected chi connectivity index (χ3v) is 5.94. The van der Waals surface area contributed by atoms with Crippen LogP contribution in [0.1, 0.15) is 61.7 Å². The van der Waals surface area contributed by atoms with E-state index in [9.17, 15) is 14.4 Å². The zero-order valence-corrected chi connectivity index (χ0v) is 15.8. The summed E-state index contributed by atoms with van der Waals surface area (Å²) in [5.74, 6) is 0.320.